The van der Waals surface area contributed by atoms with Crippen molar-refractivity contribution in [2.45, 2.75) is 45.7 Å². The maximum absolute atomic E-state index is 11.4. The fourth-order valence-electron chi connectivity index (χ4n) is 2.37. The van der Waals surface area contributed by atoms with Gasteiger partial charge >= 0.3 is 5.97 Å². The van der Waals surface area contributed by atoms with Crippen molar-refractivity contribution in [1.82, 2.24) is 4.90 Å². The van der Waals surface area contributed by atoms with E-state index in [4.69, 9.17) is 4.42 Å². The van der Waals surface area contributed by atoms with Gasteiger partial charge in [-0.3, -0.25) is 4.90 Å². The molecule has 0 saturated heterocycles. The molecule has 0 aliphatic heterocycles. The van der Waals surface area contributed by atoms with Crippen molar-refractivity contribution in [2.24, 2.45) is 5.92 Å². The lowest BCUT2D eigenvalue weighted by Gasteiger charge is -2.31. The third kappa shape index (κ3) is 3.38. The highest BCUT2D eigenvalue weighted by Gasteiger charge is 2.30. The monoisotopic (exact) mass is 265 g/mol. The van der Waals surface area contributed by atoms with Crippen LogP contribution in [-0.2, 0) is 4.74 Å². The Morgan fingerprint density at radius 3 is 2.63 bits per heavy atom. The third-order valence-electron chi connectivity index (χ3n) is 3.75. The van der Waals surface area contributed by atoms with Crippen molar-refractivity contribution >= 4 is 5.97 Å². The number of nitrogens with zero attached hydrogens (tertiary/aromatic N) is 1. The highest BCUT2D eigenvalue weighted by Crippen LogP contribution is 2.34. The molecule has 106 valence electrons. The van der Waals surface area contributed by atoms with Crippen molar-refractivity contribution < 1.29 is 13.9 Å². The Bertz CT molecular complexity index is 434. The summed E-state index contributed by atoms with van der Waals surface area (Å²) in [5.74, 6) is 1.52. The Kier molecular flexibility index (Phi) is 4.30. The zero-order valence-corrected chi connectivity index (χ0v) is 12.2. The number of hydrogen-bond donors (Lipinski definition) is 0. The normalized spacial score (nSPS) is 16.9. The van der Waals surface area contributed by atoms with Gasteiger partial charge < -0.3 is 9.15 Å². The molecular formula is C15H23NO3. The van der Waals surface area contributed by atoms with Crippen LogP contribution in [0.4, 0.5) is 0 Å². The van der Waals surface area contributed by atoms with Crippen LogP contribution in [0.2, 0.25) is 0 Å². The molecule has 2 rings (SSSR count). The van der Waals surface area contributed by atoms with Crippen molar-refractivity contribution in [3.63, 3.8) is 0 Å². The molecular weight excluding hydrogens is 242 g/mol. The van der Waals surface area contributed by atoms with Crippen LogP contribution in [0.1, 0.15) is 56.0 Å². The summed E-state index contributed by atoms with van der Waals surface area (Å²) in [6, 6.07) is 4.20. The highest BCUT2D eigenvalue weighted by molar-refractivity contribution is 5.86. The molecule has 4 heteroatoms. The molecule has 19 heavy (non-hydrogen) atoms. The molecule has 1 aromatic rings. The maximum Gasteiger partial charge on any atom is 0.373 e. The van der Waals surface area contributed by atoms with E-state index >= 15 is 0 Å². The Morgan fingerprint density at radius 2 is 2.11 bits per heavy atom. The Morgan fingerprint density at radius 1 is 1.42 bits per heavy atom. The second-order valence-electron chi connectivity index (χ2n) is 5.60. The van der Waals surface area contributed by atoms with Crippen LogP contribution in [-0.4, -0.2) is 30.6 Å². The molecule has 0 spiro atoms. The summed E-state index contributed by atoms with van der Waals surface area (Å²) in [5, 5.41) is 0. The van der Waals surface area contributed by atoms with Crippen LogP contribution in [0.15, 0.2) is 16.5 Å². The number of ether oxygens (including phenoxy) is 1. The zero-order valence-electron chi connectivity index (χ0n) is 12.2. The van der Waals surface area contributed by atoms with Crippen molar-refractivity contribution in [1.29, 1.82) is 0 Å². The molecule has 1 saturated carbocycles. The molecule has 1 unspecified atom stereocenters. The number of carbonyl (C=O) groups is 1. The predicted molar refractivity (Wildman–Crippen MR) is 73.0 cm³/mol. The number of hydrogen-bond acceptors (Lipinski definition) is 4. The van der Waals surface area contributed by atoms with Gasteiger partial charge in [-0.05, 0) is 51.7 Å². The van der Waals surface area contributed by atoms with E-state index in [0.29, 0.717) is 6.04 Å². The first kappa shape index (κ1) is 14.1. The van der Waals surface area contributed by atoms with E-state index in [1.54, 1.807) is 6.07 Å². The number of carbonyl (C=O) groups excluding carboxylic acids is 1. The lowest BCUT2D eigenvalue weighted by atomic mass is 10.1. The molecule has 0 N–H and O–H groups in total. The van der Waals surface area contributed by atoms with E-state index in [2.05, 4.69) is 30.4 Å². The fourth-order valence-corrected chi connectivity index (χ4v) is 2.37. The van der Waals surface area contributed by atoms with Crippen LogP contribution in [0.3, 0.4) is 0 Å². The molecule has 0 amide bonds. The molecule has 1 aliphatic carbocycles. The quantitative estimate of drug-likeness (QED) is 0.740. The van der Waals surface area contributed by atoms with Gasteiger partial charge in [0.2, 0.25) is 5.76 Å². The molecule has 1 aromatic heterocycles. The summed E-state index contributed by atoms with van der Waals surface area (Å²) in [7, 11) is 1.36. The summed E-state index contributed by atoms with van der Waals surface area (Å²) in [4.78, 5) is 13.8. The highest BCUT2D eigenvalue weighted by atomic mass is 16.5. The van der Waals surface area contributed by atoms with Crippen LogP contribution < -0.4 is 0 Å². The van der Waals surface area contributed by atoms with E-state index in [0.717, 1.165) is 18.2 Å². The third-order valence-corrected chi connectivity index (χ3v) is 3.75. The maximum atomic E-state index is 11.4. The van der Waals surface area contributed by atoms with E-state index in [1.807, 2.05) is 6.07 Å². The molecule has 1 aliphatic rings. The average molecular weight is 265 g/mol. The smallest absolute Gasteiger partial charge is 0.373 e. The second-order valence-corrected chi connectivity index (χ2v) is 5.60. The first-order valence-corrected chi connectivity index (χ1v) is 6.96. The molecule has 4 nitrogen and oxygen atoms in total. The van der Waals surface area contributed by atoms with E-state index < -0.39 is 5.97 Å². The van der Waals surface area contributed by atoms with E-state index in [9.17, 15) is 4.79 Å². The molecule has 0 radical (unpaired) electrons. The largest absolute Gasteiger partial charge is 0.463 e. The summed E-state index contributed by atoms with van der Waals surface area (Å²) >= 11 is 0. The van der Waals surface area contributed by atoms with Gasteiger partial charge in [0.1, 0.15) is 5.76 Å². The van der Waals surface area contributed by atoms with Crippen molar-refractivity contribution in [2.75, 3.05) is 13.7 Å². The standard InChI is InChI=1S/C15H23NO3/c1-10(2)16(9-12-5-6-12)11(3)13-7-8-14(19-13)15(17)18-4/h7-8,10-12H,5-6,9H2,1-4H3. The van der Waals surface area contributed by atoms with E-state index in [1.165, 1.54) is 20.0 Å². The fraction of sp³-hybridized carbons (Fsp3) is 0.667. The van der Waals surface area contributed by atoms with Gasteiger partial charge in [0.25, 0.3) is 0 Å². The average Bonchev–Trinajstić information content (AvgIpc) is 3.07. The number of furan rings is 1. The van der Waals surface area contributed by atoms with Crippen LogP contribution in [0, 0.1) is 5.92 Å². The van der Waals surface area contributed by atoms with Crippen molar-refractivity contribution in [3.05, 3.63) is 23.7 Å². The topological polar surface area (TPSA) is 42.7 Å². The number of rotatable bonds is 6. The molecule has 1 heterocycles. The van der Waals surface area contributed by atoms with Gasteiger partial charge in [-0.2, -0.15) is 0 Å². The predicted octanol–water partition coefficient (Wildman–Crippen LogP) is 3.25. The summed E-state index contributed by atoms with van der Waals surface area (Å²) in [5.41, 5.74) is 0. The van der Waals surface area contributed by atoms with Gasteiger partial charge in [-0.1, -0.05) is 0 Å². The Hall–Kier alpha value is -1.29. The lowest BCUT2D eigenvalue weighted by Crippen LogP contribution is -2.35. The SMILES string of the molecule is COC(=O)c1ccc(C(C)N(CC2CC2)C(C)C)o1. The second kappa shape index (κ2) is 5.78. The summed E-state index contributed by atoms with van der Waals surface area (Å²) in [6.45, 7) is 7.63. The van der Waals surface area contributed by atoms with Crippen LogP contribution in [0.5, 0.6) is 0 Å². The lowest BCUT2D eigenvalue weighted by molar-refractivity contribution is 0.0556. The minimum atomic E-state index is -0.420. The summed E-state index contributed by atoms with van der Waals surface area (Å²) < 4.78 is 10.3. The first-order valence-electron chi connectivity index (χ1n) is 6.96. The molecule has 1 atom stereocenters. The Labute approximate surface area is 114 Å². The van der Waals surface area contributed by atoms with Gasteiger partial charge in [-0.15, -0.1) is 0 Å². The van der Waals surface area contributed by atoms with Crippen LogP contribution in [0.25, 0.3) is 0 Å². The number of esters is 1. The number of methoxy groups -OCH3 is 1. The van der Waals surface area contributed by atoms with Gasteiger partial charge in [0.05, 0.1) is 13.2 Å². The minimum absolute atomic E-state index is 0.180. The van der Waals surface area contributed by atoms with E-state index in [-0.39, 0.29) is 11.8 Å². The molecule has 0 bridgehead atoms. The van der Waals surface area contributed by atoms with Crippen LogP contribution >= 0.6 is 0 Å². The molecule has 1 fully saturated rings. The van der Waals surface area contributed by atoms with Gasteiger partial charge in [-0.25, -0.2) is 4.79 Å². The van der Waals surface area contributed by atoms with Crippen molar-refractivity contribution in [3.8, 4) is 0 Å². The Balaban J connectivity index is 2.09. The zero-order chi connectivity index (χ0) is 14.0. The minimum Gasteiger partial charge on any atom is -0.463 e. The van der Waals surface area contributed by atoms with Gasteiger partial charge in [0, 0.05) is 12.6 Å². The molecule has 0 aromatic carbocycles. The first-order chi connectivity index (χ1) is 9.02. The van der Waals surface area contributed by atoms with Gasteiger partial charge in [0.15, 0.2) is 0 Å². The summed E-state index contributed by atoms with van der Waals surface area (Å²) in [6.07, 6.45) is 2.67.